The highest BCUT2D eigenvalue weighted by Crippen LogP contribution is 2.09. The fourth-order valence-electron chi connectivity index (χ4n) is 1.44. The molecule has 0 aliphatic heterocycles. The second-order valence-electron chi connectivity index (χ2n) is 3.86. The van der Waals surface area contributed by atoms with Gasteiger partial charge in [0.2, 0.25) is 0 Å². The van der Waals surface area contributed by atoms with Gasteiger partial charge in [0.1, 0.15) is 11.5 Å². The second-order valence-corrected chi connectivity index (χ2v) is 4.78. The molecule has 0 atom stereocenters. The normalized spacial score (nSPS) is 10.4. The van der Waals surface area contributed by atoms with E-state index >= 15 is 0 Å². The molecule has 6 nitrogen and oxygen atoms in total. The molecule has 0 radical (unpaired) electrons. The Morgan fingerprint density at radius 2 is 2.28 bits per heavy atom. The number of nitrogens with zero attached hydrogens (tertiary/aromatic N) is 4. The zero-order valence-corrected chi connectivity index (χ0v) is 11.6. The van der Waals surface area contributed by atoms with Crippen LogP contribution >= 0.6 is 15.9 Å². The first-order chi connectivity index (χ1) is 8.56. The van der Waals surface area contributed by atoms with Gasteiger partial charge in [-0.15, -0.1) is 0 Å². The Bertz CT molecular complexity index is 551. The van der Waals surface area contributed by atoms with E-state index in [4.69, 9.17) is 0 Å². The van der Waals surface area contributed by atoms with Gasteiger partial charge >= 0.3 is 0 Å². The lowest BCUT2D eigenvalue weighted by Gasteiger charge is -2.14. The number of halogens is 1. The van der Waals surface area contributed by atoms with Gasteiger partial charge in [0, 0.05) is 17.7 Å². The van der Waals surface area contributed by atoms with Crippen LogP contribution < -0.4 is 0 Å². The smallest absolute Gasteiger partial charge is 0.272 e. The predicted molar refractivity (Wildman–Crippen MR) is 68.9 cm³/mol. The molecule has 0 aliphatic carbocycles. The molecule has 2 aromatic heterocycles. The molecule has 0 aliphatic rings. The maximum Gasteiger partial charge on any atom is 0.272 e. The summed E-state index contributed by atoms with van der Waals surface area (Å²) in [6, 6.07) is 3.46. The van der Waals surface area contributed by atoms with Crippen molar-refractivity contribution in [3.8, 4) is 0 Å². The molecular weight excluding hydrogens is 298 g/mol. The molecule has 0 spiro atoms. The average molecular weight is 310 g/mol. The first-order valence-corrected chi connectivity index (χ1v) is 6.10. The lowest BCUT2D eigenvalue weighted by atomic mass is 10.3. The average Bonchev–Trinajstić information content (AvgIpc) is 2.75. The van der Waals surface area contributed by atoms with Crippen LogP contribution in [0.4, 0.5) is 0 Å². The van der Waals surface area contributed by atoms with Crippen LogP contribution in [-0.4, -0.2) is 38.0 Å². The van der Waals surface area contributed by atoms with E-state index in [9.17, 15) is 4.79 Å². The highest BCUT2D eigenvalue weighted by atomic mass is 79.9. The van der Waals surface area contributed by atoms with E-state index in [0.29, 0.717) is 18.1 Å². The van der Waals surface area contributed by atoms with Crippen molar-refractivity contribution in [2.45, 2.75) is 13.5 Å². The quantitative estimate of drug-likeness (QED) is 0.933. The summed E-state index contributed by atoms with van der Waals surface area (Å²) in [7, 11) is 1.69. The van der Waals surface area contributed by atoms with E-state index in [2.05, 4.69) is 36.1 Å². The van der Waals surface area contributed by atoms with Crippen molar-refractivity contribution in [2.75, 3.05) is 7.05 Å². The molecule has 2 heterocycles. The molecule has 0 fully saturated rings. The number of hydrogen-bond acceptors (Lipinski definition) is 4. The van der Waals surface area contributed by atoms with Crippen molar-refractivity contribution in [1.29, 1.82) is 0 Å². The Balaban J connectivity index is 2.07. The fourth-order valence-corrected chi connectivity index (χ4v) is 1.68. The number of H-pyrrole nitrogens is 1. The minimum absolute atomic E-state index is 0.162. The standard InChI is InChI=1S/C11H12BrN5O/c1-7-14-10(16-15-7)6-17(2)11(18)9-4-3-8(12)5-13-9/h3-5H,6H2,1-2H3,(H,14,15,16). The van der Waals surface area contributed by atoms with Gasteiger partial charge < -0.3 is 4.90 Å². The predicted octanol–water partition coefficient (Wildman–Crippen LogP) is 1.54. The number of rotatable bonds is 3. The summed E-state index contributed by atoms with van der Waals surface area (Å²) in [5.74, 6) is 1.15. The fraction of sp³-hybridized carbons (Fsp3) is 0.273. The van der Waals surface area contributed by atoms with Crippen molar-refractivity contribution in [3.05, 3.63) is 40.1 Å². The number of aromatic nitrogens is 4. The van der Waals surface area contributed by atoms with E-state index in [0.717, 1.165) is 10.3 Å². The molecule has 0 bridgehead atoms. The van der Waals surface area contributed by atoms with Crippen LogP contribution in [0, 0.1) is 6.92 Å². The van der Waals surface area contributed by atoms with E-state index in [1.807, 2.05) is 6.92 Å². The van der Waals surface area contributed by atoms with Crippen molar-refractivity contribution in [1.82, 2.24) is 25.1 Å². The highest BCUT2D eigenvalue weighted by Gasteiger charge is 2.14. The van der Waals surface area contributed by atoms with Crippen molar-refractivity contribution < 1.29 is 4.79 Å². The number of carbonyl (C=O) groups is 1. The van der Waals surface area contributed by atoms with Gasteiger partial charge in [0.05, 0.1) is 6.54 Å². The van der Waals surface area contributed by atoms with Crippen LogP contribution in [0.1, 0.15) is 22.1 Å². The van der Waals surface area contributed by atoms with Crippen LogP contribution in [0.3, 0.4) is 0 Å². The van der Waals surface area contributed by atoms with Crippen molar-refractivity contribution in [2.24, 2.45) is 0 Å². The van der Waals surface area contributed by atoms with E-state index in [-0.39, 0.29) is 5.91 Å². The molecule has 1 amide bonds. The van der Waals surface area contributed by atoms with Gasteiger partial charge in [-0.25, -0.2) is 9.97 Å². The van der Waals surface area contributed by atoms with Crippen LogP contribution in [0.15, 0.2) is 22.8 Å². The number of aryl methyl sites for hydroxylation is 1. The lowest BCUT2D eigenvalue weighted by molar-refractivity contribution is 0.0776. The third-order valence-electron chi connectivity index (χ3n) is 2.32. The molecule has 0 unspecified atom stereocenters. The minimum Gasteiger partial charge on any atom is -0.333 e. The van der Waals surface area contributed by atoms with Gasteiger partial charge in [-0.2, -0.15) is 5.10 Å². The molecule has 0 saturated heterocycles. The Kier molecular flexibility index (Phi) is 3.71. The number of aromatic amines is 1. The van der Waals surface area contributed by atoms with E-state index in [1.165, 1.54) is 4.90 Å². The Hall–Kier alpha value is -1.76. The summed E-state index contributed by atoms with van der Waals surface area (Å²) in [6.45, 7) is 2.16. The Morgan fingerprint density at radius 1 is 1.50 bits per heavy atom. The zero-order valence-electron chi connectivity index (χ0n) is 10.0. The van der Waals surface area contributed by atoms with Gasteiger partial charge in [-0.05, 0) is 35.0 Å². The van der Waals surface area contributed by atoms with Gasteiger partial charge in [-0.1, -0.05) is 0 Å². The molecule has 7 heteroatoms. The lowest BCUT2D eigenvalue weighted by Crippen LogP contribution is -2.27. The third-order valence-corrected chi connectivity index (χ3v) is 2.78. The molecule has 2 rings (SSSR count). The Morgan fingerprint density at radius 3 is 2.83 bits per heavy atom. The van der Waals surface area contributed by atoms with E-state index in [1.54, 1.807) is 25.4 Å². The number of amides is 1. The first-order valence-electron chi connectivity index (χ1n) is 5.31. The number of nitrogens with one attached hydrogen (secondary N) is 1. The molecule has 0 aromatic carbocycles. The topological polar surface area (TPSA) is 74.8 Å². The maximum absolute atomic E-state index is 12.0. The van der Waals surface area contributed by atoms with Gasteiger partial charge in [0.15, 0.2) is 5.82 Å². The van der Waals surface area contributed by atoms with Gasteiger partial charge in [-0.3, -0.25) is 9.89 Å². The SMILES string of the molecule is Cc1nc(CN(C)C(=O)c2ccc(Br)cn2)n[nH]1. The summed E-state index contributed by atoms with van der Waals surface area (Å²) >= 11 is 3.28. The minimum atomic E-state index is -0.162. The molecule has 1 N–H and O–H groups in total. The largest absolute Gasteiger partial charge is 0.333 e. The summed E-state index contributed by atoms with van der Waals surface area (Å²) < 4.78 is 0.839. The molecule has 2 aromatic rings. The second kappa shape index (κ2) is 5.26. The zero-order chi connectivity index (χ0) is 13.1. The van der Waals surface area contributed by atoms with Gasteiger partial charge in [0.25, 0.3) is 5.91 Å². The molecule has 0 saturated carbocycles. The van der Waals surface area contributed by atoms with Crippen molar-refractivity contribution >= 4 is 21.8 Å². The highest BCUT2D eigenvalue weighted by molar-refractivity contribution is 9.10. The van der Waals surface area contributed by atoms with Crippen LogP contribution in [0.5, 0.6) is 0 Å². The summed E-state index contributed by atoms with van der Waals surface area (Å²) in [5, 5.41) is 6.73. The van der Waals surface area contributed by atoms with E-state index < -0.39 is 0 Å². The third kappa shape index (κ3) is 2.92. The molecular formula is C11H12BrN5O. The summed E-state index contributed by atoms with van der Waals surface area (Å²) in [6.07, 6.45) is 1.60. The van der Waals surface area contributed by atoms with Crippen LogP contribution in [0.25, 0.3) is 0 Å². The summed E-state index contributed by atoms with van der Waals surface area (Å²) in [4.78, 5) is 21.8. The number of pyridine rings is 1. The summed E-state index contributed by atoms with van der Waals surface area (Å²) in [5.41, 5.74) is 0.396. The molecule has 94 valence electrons. The monoisotopic (exact) mass is 309 g/mol. The van der Waals surface area contributed by atoms with Crippen LogP contribution in [-0.2, 0) is 6.54 Å². The Labute approximate surface area is 113 Å². The number of carbonyl (C=O) groups excluding carboxylic acids is 1. The maximum atomic E-state index is 12.0. The molecule has 18 heavy (non-hydrogen) atoms. The van der Waals surface area contributed by atoms with Crippen LogP contribution in [0.2, 0.25) is 0 Å². The number of hydrogen-bond donors (Lipinski definition) is 1. The first kappa shape index (κ1) is 12.7. The van der Waals surface area contributed by atoms with Crippen molar-refractivity contribution in [3.63, 3.8) is 0 Å².